The van der Waals surface area contributed by atoms with Crippen molar-refractivity contribution in [2.75, 3.05) is 0 Å². The second kappa shape index (κ2) is 10.2. The Morgan fingerprint density at radius 2 is 0.913 bits per heavy atom. The van der Waals surface area contributed by atoms with E-state index in [2.05, 4.69) is 13.2 Å². The van der Waals surface area contributed by atoms with E-state index in [1.165, 1.54) is 0 Å². The molecule has 2 rings (SSSR count). The van der Waals surface area contributed by atoms with Gasteiger partial charge in [0, 0.05) is 19.5 Å². The molecule has 0 fully saturated rings. The first-order valence-corrected chi connectivity index (χ1v) is 6.38. The third kappa shape index (κ3) is 6.85. The molecule has 114 valence electrons. The van der Waals surface area contributed by atoms with Crippen molar-refractivity contribution >= 4 is 23.1 Å². The van der Waals surface area contributed by atoms with Gasteiger partial charge in [0.2, 0.25) is 0 Å². The maximum Gasteiger partial charge on any atom is 0.335 e. The smallest absolute Gasteiger partial charge is 0.335 e. The van der Waals surface area contributed by atoms with Crippen LogP contribution in [0.5, 0.6) is 0 Å². The molecule has 2 N–H and O–H groups in total. The number of hydrogen-bond donors (Lipinski definition) is 2. The fourth-order valence-electron chi connectivity index (χ4n) is 1.53. The van der Waals surface area contributed by atoms with Gasteiger partial charge in [0.05, 0.1) is 11.1 Å². The van der Waals surface area contributed by atoms with E-state index in [1.807, 2.05) is 12.1 Å². The predicted molar refractivity (Wildman–Crippen MR) is 86.2 cm³/mol. The van der Waals surface area contributed by atoms with E-state index in [1.54, 1.807) is 48.5 Å². The third-order valence-electron chi connectivity index (χ3n) is 2.76. The minimum atomic E-state index is -0.976. The van der Waals surface area contributed by atoms with Crippen molar-refractivity contribution in [2.24, 2.45) is 0 Å². The largest absolute Gasteiger partial charge is 0.478 e. The molecular formula is C18H16O4Zn. The zero-order chi connectivity index (χ0) is 16.5. The zero-order valence-corrected chi connectivity index (χ0v) is 15.6. The number of benzene rings is 2. The normalized spacial score (nSPS) is 8.70. The second-order valence-electron chi connectivity index (χ2n) is 4.30. The molecule has 2 aromatic carbocycles. The van der Waals surface area contributed by atoms with Gasteiger partial charge in [0.25, 0.3) is 0 Å². The first-order chi connectivity index (χ1) is 10.4. The predicted octanol–water partition coefficient (Wildman–Crippen LogP) is 3.57. The van der Waals surface area contributed by atoms with Crippen LogP contribution in [0, 0.1) is 0 Å². The summed E-state index contributed by atoms with van der Waals surface area (Å²) < 4.78 is 0. The second-order valence-corrected chi connectivity index (χ2v) is 4.30. The van der Waals surface area contributed by atoms with E-state index in [-0.39, 0.29) is 30.6 Å². The summed E-state index contributed by atoms with van der Waals surface area (Å²) >= 11 is 0. The van der Waals surface area contributed by atoms with E-state index in [9.17, 15) is 9.59 Å². The van der Waals surface area contributed by atoms with Crippen molar-refractivity contribution in [1.82, 2.24) is 0 Å². The summed E-state index contributed by atoms with van der Waals surface area (Å²) in [7, 11) is 0. The van der Waals surface area contributed by atoms with Gasteiger partial charge in [-0.1, -0.05) is 73.8 Å². The van der Waals surface area contributed by atoms with Crippen LogP contribution in [0.2, 0.25) is 0 Å². The Bertz CT molecular complexity index is 617. The van der Waals surface area contributed by atoms with Crippen LogP contribution in [0.1, 0.15) is 11.1 Å². The molecule has 0 amide bonds. The summed E-state index contributed by atoms with van der Waals surface area (Å²) in [4.78, 5) is 20.8. The molecule has 2 aromatic rings. The van der Waals surface area contributed by atoms with Crippen LogP contribution < -0.4 is 0 Å². The number of rotatable bonds is 4. The SMILES string of the molecule is C=C(C(=O)O)c1ccccc1.C=C(C(=O)O)c1ccccc1.[Zn]. The summed E-state index contributed by atoms with van der Waals surface area (Å²) in [6, 6.07) is 17.7. The Labute approximate surface area is 147 Å². The first kappa shape index (κ1) is 20.5. The standard InChI is InChI=1S/2C9H8O2.Zn/c2*1-7(9(10)11)8-5-3-2-4-6-8;/h2*2-6H,1H2,(H,10,11);. The molecule has 0 bridgehead atoms. The summed E-state index contributed by atoms with van der Waals surface area (Å²) in [5, 5.41) is 17.1. The molecule has 0 unspecified atom stereocenters. The fraction of sp³-hybridized carbons (Fsp3) is 0. The van der Waals surface area contributed by atoms with Crippen molar-refractivity contribution < 1.29 is 39.3 Å². The Morgan fingerprint density at radius 1 is 0.652 bits per heavy atom. The molecule has 0 atom stereocenters. The quantitative estimate of drug-likeness (QED) is 0.645. The Kier molecular flexibility index (Phi) is 9.13. The molecule has 0 aliphatic carbocycles. The van der Waals surface area contributed by atoms with E-state index < -0.39 is 11.9 Å². The van der Waals surface area contributed by atoms with Crippen LogP contribution in [0.15, 0.2) is 73.8 Å². The molecule has 0 saturated carbocycles. The van der Waals surface area contributed by atoms with Crippen molar-refractivity contribution in [3.8, 4) is 0 Å². The van der Waals surface area contributed by atoms with Crippen LogP contribution in [-0.4, -0.2) is 22.2 Å². The fourth-order valence-corrected chi connectivity index (χ4v) is 1.53. The van der Waals surface area contributed by atoms with E-state index >= 15 is 0 Å². The minimum Gasteiger partial charge on any atom is -0.478 e. The van der Waals surface area contributed by atoms with Crippen molar-refractivity contribution in [1.29, 1.82) is 0 Å². The van der Waals surface area contributed by atoms with Crippen LogP contribution >= 0.6 is 0 Å². The van der Waals surface area contributed by atoms with Gasteiger partial charge in [-0.15, -0.1) is 0 Å². The van der Waals surface area contributed by atoms with Gasteiger partial charge < -0.3 is 10.2 Å². The Balaban J connectivity index is 0.000000403. The third-order valence-corrected chi connectivity index (χ3v) is 2.76. The average Bonchev–Trinajstić information content (AvgIpc) is 2.55. The van der Waals surface area contributed by atoms with E-state index in [4.69, 9.17) is 10.2 Å². The van der Waals surface area contributed by atoms with Crippen LogP contribution in [-0.2, 0) is 29.1 Å². The van der Waals surface area contributed by atoms with Gasteiger partial charge in [-0.3, -0.25) is 0 Å². The number of carboxylic acids is 2. The zero-order valence-electron chi connectivity index (χ0n) is 12.6. The molecule has 0 heterocycles. The summed E-state index contributed by atoms with van der Waals surface area (Å²) in [6.45, 7) is 6.85. The first-order valence-electron chi connectivity index (χ1n) is 6.38. The number of hydrogen-bond acceptors (Lipinski definition) is 2. The van der Waals surface area contributed by atoms with E-state index in [0.717, 1.165) is 0 Å². The Morgan fingerprint density at radius 3 is 1.13 bits per heavy atom. The molecule has 23 heavy (non-hydrogen) atoms. The molecule has 0 aliphatic heterocycles. The van der Waals surface area contributed by atoms with Crippen molar-refractivity contribution in [3.63, 3.8) is 0 Å². The molecule has 0 saturated heterocycles. The minimum absolute atomic E-state index is 0. The van der Waals surface area contributed by atoms with Gasteiger partial charge in [-0.05, 0) is 11.1 Å². The number of aliphatic carboxylic acids is 2. The van der Waals surface area contributed by atoms with Gasteiger partial charge in [-0.2, -0.15) is 0 Å². The van der Waals surface area contributed by atoms with Crippen molar-refractivity contribution in [2.45, 2.75) is 0 Å². The summed E-state index contributed by atoms with van der Waals surface area (Å²) in [5.41, 5.74) is 1.57. The number of carboxylic acid groups (broad SMARTS) is 2. The van der Waals surface area contributed by atoms with Crippen LogP contribution in [0.25, 0.3) is 11.1 Å². The van der Waals surface area contributed by atoms with Crippen LogP contribution in [0.4, 0.5) is 0 Å². The van der Waals surface area contributed by atoms with Crippen LogP contribution in [0.3, 0.4) is 0 Å². The van der Waals surface area contributed by atoms with Gasteiger partial charge >= 0.3 is 11.9 Å². The van der Waals surface area contributed by atoms with Crippen molar-refractivity contribution in [3.05, 3.63) is 84.9 Å². The monoisotopic (exact) mass is 360 g/mol. The molecular weight excluding hydrogens is 346 g/mol. The molecule has 0 radical (unpaired) electrons. The average molecular weight is 362 g/mol. The number of carbonyl (C=O) groups is 2. The van der Waals surface area contributed by atoms with Gasteiger partial charge in [0.1, 0.15) is 0 Å². The maximum atomic E-state index is 10.4. The topological polar surface area (TPSA) is 74.6 Å². The molecule has 0 aliphatic rings. The van der Waals surface area contributed by atoms with Gasteiger partial charge in [0.15, 0.2) is 0 Å². The maximum absolute atomic E-state index is 10.4. The van der Waals surface area contributed by atoms with E-state index in [0.29, 0.717) is 11.1 Å². The molecule has 0 aromatic heterocycles. The molecule has 0 spiro atoms. The molecule has 4 nitrogen and oxygen atoms in total. The summed E-state index contributed by atoms with van der Waals surface area (Å²) in [6.07, 6.45) is 0. The summed E-state index contributed by atoms with van der Waals surface area (Å²) in [5.74, 6) is -1.95. The Hall–Kier alpha value is -2.52. The van der Waals surface area contributed by atoms with Gasteiger partial charge in [-0.25, -0.2) is 9.59 Å². The molecule has 5 heteroatoms.